The van der Waals surface area contributed by atoms with E-state index in [4.69, 9.17) is 0 Å². The zero-order valence-corrected chi connectivity index (χ0v) is 12.1. The molecule has 0 saturated carbocycles. The van der Waals surface area contributed by atoms with Gasteiger partial charge in [0.2, 0.25) is 0 Å². The summed E-state index contributed by atoms with van der Waals surface area (Å²) in [6, 6.07) is 22.5. The van der Waals surface area contributed by atoms with E-state index in [0.29, 0.717) is 0 Å². The first-order chi connectivity index (χ1) is 10.8. The van der Waals surface area contributed by atoms with Crippen LogP contribution in [0.15, 0.2) is 66.7 Å². The second-order valence-corrected chi connectivity index (χ2v) is 5.23. The first-order valence-corrected chi connectivity index (χ1v) is 7.17. The van der Waals surface area contributed by atoms with Crippen molar-refractivity contribution in [1.82, 2.24) is 20.2 Å². The summed E-state index contributed by atoms with van der Waals surface area (Å²) in [6.07, 6.45) is 0. The van der Waals surface area contributed by atoms with Gasteiger partial charge in [0.1, 0.15) is 0 Å². The minimum Gasteiger partial charge on any atom is -0.192 e. The van der Waals surface area contributed by atoms with Crippen molar-refractivity contribution in [1.29, 1.82) is 0 Å². The molecule has 0 aliphatic rings. The zero-order valence-electron chi connectivity index (χ0n) is 12.1. The van der Waals surface area contributed by atoms with Crippen LogP contribution >= 0.6 is 0 Å². The second-order valence-electron chi connectivity index (χ2n) is 5.23. The molecule has 0 bridgehead atoms. The van der Waals surface area contributed by atoms with Gasteiger partial charge in [-0.1, -0.05) is 66.7 Å². The molecule has 0 spiro atoms. The van der Waals surface area contributed by atoms with Crippen molar-refractivity contribution in [2.24, 2.45) is 0 Å². The molecular formula is C18H14N4. The largest absolute Gasteiger partial charge is 0.192 e. The van der Waals surface area contributed by atoms with Crippen molar-refractivity contribution < 1.29 is 0 Å². The summed E-state index contributed by atoms with van der Waals surface area (Å²) in [7, 11) is 0. The molecule has 0 aliphatic carbocycles. The van der Waals surface area contributed by atoms with Crippen LogP contribution in [-0.2, 0) is 0 Å². The van der Waals surface area contributed by atoms with E-state index in [1.165, 1.54) is 5.39 Å². The Balaban J connectivity index is 2.02. The van der Waals surface area contributed by atoms with Crippen LogP contribution in [0, 0.1) is 6.92 Å². The van der Waals surface area contributed by atoms with Crippen LogP contribution in [-0.4, -0.2) is 20.2 Å². The Kier molecular flexibility index (Phi) is 2.93. The van der Waals surface area contributed by atoms with Crippen LogP contribution in [0.5, 0.6) is 0 Å². The Morgan fingerprint density at radius 2 is 1.59 bits per heavy atom. The monoisotopic (exact) mass is 286 g/mol. The highest BCUT2D eigenvalue weighted by Gasteiger charge is 2.14. The van der Waals surface area contributed by atoms with Crippen LogP contribution in [0.1, 0.15) is 5.56 Å². The van der Waals surface area contributed by atoms with Gasteiger partial charge in [0.15, 0.2) is 5.82 Å². The molecule has 4 aromatic rings. The van der Waals surface area contributed by atoms with Gasteiger partial charge in [-0.25, -0.2) is 0 Å². The highest BCUT2D eigenvalue weighted by molar-refractivity contribution is 5.91. The maximum absolute atomic E-state index is 4.23. The summed E-state index contributed by atoms with van der Waals surface area (Å²) < 4.78 is 1.83. The van der Waals surface area contributed by atoms with Gasteiger partial charge < -0.3 is 0 Å². The molecule has 0 amide bonds. The molecule has 4 rings (SSSR count). The molecule has 1 aromatic heterocycles. The molecule has 0 fully saturated rings. The number of hydrogen-bond acceptors (Lipinski definition) is 3. The third-order valence-corrected chi connectivity index (χ3v) is 3.82. The average Bonchev–Trinajstić information content (AvgIpc) is 3.05. The van der Waals surface area contributed by atoms with Gasteiger partial charge in [-0.15, -0.1) is 5.10 Å². The predicted octanol–water partition coefficient (Wildman–Crippen LogP) is 3.79. The number of hydrogen-bond donors (Lipinski definition) is 0. The Morgan fingerprint density at radius 1 is 0.818 bits per heavy atom. The summed E-state index contributed by atoms with van der Waals surface area (Å²) in [5, 5.41) is 14.7. The molecule has 0 aliphatic heterocycles. The predicted molar refractivity (Wildman–Crippen MR) is 86.8 cm³/mol. The van der Waals surface area contributed by atoms with Crippen molar-refractivity contribution in [3.8, 4) is 17.1 Å². The first-order valence-electron chi connectivity index (χ1n) is 7.17. The average molecular weight is 286 g/mol. The fraction of sp³-hybridized carbons (Fsp3) is 0.0556. The van der Waals surface area contributed by atoms with Gasteiger partial charge in [-0.05, 0) is 28.3 Å². The van der Waals surface area contributed by atoms with E-state index in [-0.39, 0.29) is 0 Å². The number of fused-ring (bicyclic) bond motifs is 1. The standard InChI is InChI=1S/C18H14N4/c1-13-11-12-14-7-5-6-10-16(14)17(13)22-18(19-20-21-22)15-8-3-2-4-9-15/h2-12H,1H3. The number of aryl methyl sites for hydroxylation is 1. The fourth-order valence-corrected chi connectivity index (χ4v) is 2.75. The van der Waals surface area contributed by atoms with Crippen LogP contribution in [0.25, 0.3) is 27.8 Å². The molecule has 3 aromatic carbocycles. The molecule has 0 saturated heterocycles. The highest BCUT2D eigenvalue weighted by Crippen LogP contribution is 2.28. The molecule has 0 atom stereocenters. The molecule has 0 radical (unpaired) electrons. The number of tetrazole rings is 1. The van der Waals surface area contributed by atoms with Gasteiger partial charge in [-0.3, -0.25) is 0 Å². The smallest absolute Gasteiger partial charge is 0.187 e. The van der Waals surface area contributed by atoms with Gasteiger partial charge in [0.05, 0.1) is 5.69 Å². The minimum absolute atomic E-state index is 0.750. The minimum atomic E-state index is 0.750. The Morgan fingerprint density at radius 3 is 2.45 bits per heavy atom. The van der Waals surface area contributed by atoms with Gasteiger partial charge >= 0.3 is 0 Å². The summed E-state index contributed by atoms with van der Waals surface area (Å²) in [6.45, 7) is 2.08. The Hall–Kier alpha value is -3.01. The topological polar surface area (TPSA) is 43.6 Å². The maximum Gasteiger partial charge on any atom is 0.187 e. The molecule has 106 valence electrons. The van der Waals surface area contributed by atoms with Crippen molar-refractivity contribution in [2.75, 3.05) is 0 Å². The number of nitrogens with zero attached hydrogens (tertiary/aromatic N) is 4. The lowest BCUT2D eigenvalue weighted by Crippen LogP contribution is -2.03. The van der Waals surface area contributed by atoms with Crippen LogP contribution in [0.2, 0.25) is 0 Å². The summed E-state index contributed by atoms with van der Waals surface area (Å²) in [5.41, 5.74) is 3.17. The van der Waals surface area contributed by atoms with Gasteiger partial charge in [-0.2, -0.15) is 4.68 Å². The lowest BCUT2D eigenvalue weighted by molar-refractivity contribution is 0.791. The zero-order chi connectivity index (χ0) is 14.9. The Labute approximate surface area is 128 Å². The number of aromatic nitrogens is 4. The fourth-order valence-electron chi connectivity index (χ4n) is 2.75. The van der Waals surface area contributed by atoms with Crippen molar-refractivity contribution in [3.05, 3.63) is 72.3 Å². The van der Waals surface area contributed by atoms with E-state index in [2.05, 4.69) is 46.7 Å². The third kappa shape index (κ3) is 1.97. The lowest BCUT2D eigenvalue weighted by atomic mass is 10.0. The quantitative estimate of drug-likeness (QED) is 0.563. The van der Waals surface area contributed by atoms with Gasteiger partial charge in [0.25, 0.3) is 0 Å². The van der Waals surface area contributed by atoms with E-state index in [9.17, 15) is 0 Å². The lowest BCUT2D eigenvalue weighted by Gasteiger charge is -2.11. The Bertz CT molecular complexity index is 942. The first kappa shape index (κ1) is 12.7. The maximum atomic E-state index is 4.23. The van der Waals surface area contributed by atoms with Crippen molar-refractivity contribution >= 4 is 10.8 Å². The number of benzene rings is 3. The molecule has 0 N–H and O–H groups in total. The van der Waals surface area contributed by atoms with Crippen LogP contribution in [0.4, 0.5) is 0 Å². The third-order valence-electron chi connectivity index (χ3n) is 3.82. The summed E-state index contributed by atoms with van der Waals surface area (Å²) in [4.78, 5) is 0. The molecular weight excluding hydrogens is 272 g/mol. The van der Waals surface area contributed by atoms with Crippen molar-refractivity contribution in [3.63, 3.8) is 0 Å². The van der Waals surface area contributed by atoms with Crippen LogP contribution in [0.3, 0.4) is 0 Å². The van der Waals surface area contributed by atoms with E-state index in [1.807, 2.05) is 47.1 Å². The molecule has 4 heteroatoms. The van der Waals surface area contributed by atoms with E-state index in [1.54, 1.807) is 0 Å². The van der Waals surface area contributed by atoms with E-state index in [0.717, 1.165) is 28.0 Å². The molecule has 0 unspecified atom stereocenters. The van der Waals surface area contributed by atoms with E-state index < -0.39 is 0 Å². The van der Waals surface area contributed by atoms with Gasteiger partial charge in [0, 0.05) is 10.9 Å². The van der Waals surface area contributed by atoms with Crippen molar-refractivity contribution in [2.45, 2.75) is 6.92 Å². The summed E-state index contributed by atoms with van der Waals surface area (Å²) in [5.74, 6) is 0.750. The van der Waals surface area contributed by atoms with Crippen LogP contribution < -0.4 is 0 Å². The molecule has 4 nitrogen and oxygen atoms in total. The molecule has 1 heterocycles. The highest BCUT2D eigenvalue weighted by atomic mass is 15.5. The normalized spacial score (nSPS) is 11.0. The molecule has 22 heavy (non-hydrogen) atoms. The number of rotatable bonds is 2. The van der Waals surface area contributed by atoms with E-state index >= 15 is 0 Å². The SMILES string of the molecule is Cc1ccc2ccccc2c1-n1nnnc1-c1ccccc1. The summed E-state index contributed by atoms with van der Waals surface area (Å²) >= 11 is 0. The second kappa shape index (κ2) is 5.07.